The van der Waals surface area contributed by atoms with Crippen LogP contribution in [0, 0.1) is 0 Å². The fraction of sp³-hybridized carbons (Fsp3) is 0.400. The molecule has 0 spiro atoms. The number of rotatable bonds is 7. The van der Waals surface area contributed by atoms with E-state index in [2.05, 4.69) is 6.92 Å². The normalized spacial score (nSPS) is 10.6. The zero-order valence-corrected chi connectivity index (χ0v) is 11.0. The van der Waals surface area contributed by atoms with E-state index in [9.17, 15) is 4.79 Å². The molecular weight excluding hydrogens is 228 g/mol. The van der Waals surface area contributed by atoms with Crippen molar-refractivity contribution in [2.24, 2.45) is 0 Å². The topological polar surface area (TPSA) is 35.5 Å². The van der Waals surface area contributed by atoms with Gasteiger partial charge in [-0.15, -0.1) is 0 Å². The number of carbonyl (C=O) groups excluding carboxylic acids is 1. The largest absolute Gasteiger partial charge is 0.497 e. The van der Waals surface area contributed by atoms with E-state index in [-0.39, 0.29) is 5.97 Å². The number of hydrogen-bond donors (Lipinski definition) is 0. The lowest BCUT2D eigenvalue weighted by molar-refractivity contribution is -0.129. The quantitative estimate of drug-likeness (QED) is 0.319. The Bertz CT molecular complexity index is 379. The number of hydrogen-bond acceptors (Lipinski definition) is 3. The van der Waals surface area contributed by atoms with Crippen LogP contribution in [-0.4, -0.2) is 13.1 Å². The fourth-order valence-corrected chi connectivity index (χ4v) is 1.49. The number of ether oxygens (including phenoxy) is 2. The van der Waals surface area contributed by atoms with Gasteiger partial charge in [0.2, 0.25) is 0 Å². The van der Waals surface area contributed by atoms with E-state index in [4.69, 9.17) is 9.47 Å². The van der Waals surface area contributed by atoms with E-state index >= 15 is 0 Å². The first kappa shape index (κ1) is 14.3. The summed E-state index contributed by atoms with van der Waals surface area (Å²) in [7, 11) is 1.60. The van der Waals surface area contributed by atoms with E-state index in [0.717, 1.165) is 18.6 Å². The van der Waals surface area contributed by atoms with Crippen LogP contribution in [0.15, 0.2) is 36.4 Å². The Morgan fingerprint density at radius 1 is 1.17 bits per heavy atom. The van der Waals surface area contributed by atoms with Gasteiger partial charge >= 0.3 is 5.97 Å². The molecule has 3 nitrogen and oxygen atoms in total. The first-order valence-electron chi connectivity index (χ1n) is 6.28. The van der Waals surface area contributed by atoms with Crippen molar-refractivity contribution in [1.82, 2.24) is 0 Å². The van der Waals surface area contributed by atoms with Gasteiger partial charge in [-0.05, 0) is 37.1 Å². The molecule has 0 bridgehead atoms. The third-order valence-corrected chi connectivity index (χ3v) is 2.51. The van der Waals surface area contributed by atoms with Crippen molar-refractivity contribution < 1.29 is 14.3 Å². The van der Waals surface area contributed by atoms with Gasteiger partial charge in [-0.1, -0.05) is 25.8 Å². The molecule has 0 saturated heterocycles. The Morgan fingerprint density at radius 2 is 1.83 bits per heavy atom. The number of allylic oxidation sites excluding steroid dienone is 1. The van der Waals surface area contributed by atoms with Crippen LogP contribution in [0.1, 0.15) is 32.6 Å². The monoisotopic (exact) mass is 248 g/mol. The van der Waals surface area contributed by atoms with E-state index in [1.807, 2.05) is 6.08 Å². The van der Waals surface area contributed by atoms with Crippen LogP contribution in [0.5, 0.6) is 11.5 Å². The van der Waals surface area contributed by atoms with Gasteiger partial charge in [-0.25, -0.2) is 4.79 Å². The summed E-state index contributed by atoms with van der Waals surface area (Å²) < 4.78 is 10.2. The van der Waals surface area contributed by atoms with Crippen molar-refractivity contribution in [2.45, 2.75) is 32.6 Å². The summed E-state index contributed by atoms with van der Waals surface area (Å²) in [5.41, 5.74) is 0. The maximum absolute atomic E-state index is 11.5. The maximum Gasteiger partial charge on any atom is 0.335 e. The molecule has 0 saturated carbocycles. The van der Waals surface area contributed by atoms with Gasteiger partial charge < -0.3 is 9.47 Å². The van der Waals surface area contributed by atoms with Gasteiger partial charge in [0.1, 0.15) is 11.5 Å². The van der Waals surface area contributed by atoms with Crippen molar-refractivity contribution in [2.75, 3.05) is 7.11 Å². The molecule has 3 heteroatoms. The zero-order chi connectivity index (χ0) is 13.2. The lowest BCUT2D eigenvalue weighted by Gasteiger charge is -2.02. The van der Waals surface area contributed by atoms with Crippen molar-refractivity contribution in [1.29, 1.82) is 0 Å². The molecule has 0 N–H and O–H groups in total. The smallest absolute Gasteiger partial charge is 0.335 e. The SMILES string of the molecule is CCCCC/C=C/C(=O)Oc1ccc(OC)cc1. The summed E-state index contributed by atoms with van der Waals surface area (Å²) in [6, 6.07) is 6.93. The minimum Gasteiger partial charge on any atom is -0.497 e. The summed E-state index contributed by atoms with van der Waals surface area (Å²) in [6.45, 7) is 2.15. The first-order valence-corrected chi connectivity index (χ1v) is 6.28. The molecule has 0 heterocycles. The highest BCUT2D eigenvalue weighted by Gasteiger charge is 2.00. The molecular formula is C15H20O3. The van der Waals surface area contributed by atoms with Gasteiger partial charge in [0, 0.05) is 6.08 Å². The molecule has 1 rings (SSSR count). The standard InChI is InChI=1S/C15H20O3/c1-3-4-5-6-7-8-15(16)18-14-11-9-13(17-2)10-12-14/h7-12H,3-6H2,1-2H3/b8-7+. The Morgan fingerprint density at radius 3 is 2.44 bits per heavy atom. The van der Waals surface area contributed by atoms with E-state index in [0.29, 0.717) is 5.75 Å². The number of methoxy groups -OCH3 is 1. The molecule has 0 aliphatic heterocycles. The molecule has 0 radical (unpaired) electrons. The minimum atomic E-state index is -0.336. The maximum atomic E-state index is 11.5. The Balaban J connectivity index is 2.34. The minimum absolute atomic E-state index is 0.336. The lowest BCUT2D eigenvalue weighted by Crippen LogP contribution is -2.03. The van der Waals surface area contributed by atoms with Gasteiger partial charge in [0.05, 0.1) is 7.11 Å². The van der Waals surface area contributed by atoms with Crippen molar-refractivity contribution in [3.63, 3.8) is 0 Å². The summed E-state index contributed by atoms with van der Waals surface area (Å²) in [5.74, 6) is 0.931. The average Bonchev–Trinajstić information content (AvgIpc) is 2.39. The second kappa shape index (κ2) is 8.34. The molecule has 18 heavy (non-hydrogen) atoms. The van der Waals surface area contributed by atoms with Crippen molar-refractivity contribution in [3.8, 4) is 11.5 Å². The summed E-state index contributed by atoms with van der Waals surface area (Å²) in [4.78, 5) is 11.5. The summed E-state index contributed by atoms with van der Waals surface area (Å²) >= 11 is 0. The van der Waals surface area contributed by atoms with Crippen LogP contribution in [0.4, 0.5) is 0 Å². The van der Waals surface area contributed by atoms with Crippen LogP contribution in [0.25, 0.3) is 0 Å². The molecule has 0 aliphatic rings. The molecule has 0 aliphatic carbocycles. The molecule has 0 fully saturated rings. The third kappa shape index (κ3) is 5.53. The van der Waals surface area contributed by atoms with Gasteiger partial charge in [0.25, 0.3) is 0 Å². The van der Waals surface area contributed by atoms with Crippen LogP contribution in [-0.2, 0) is 4.79 Å². The Labute approximate surface area is 108 Å². The molecule has 0 atom stereocenters. The zero-order valence-electron chi connectivity index (χ0n) is 11.0. The molecule has 0 unspecified atom stereocenters. The predicted octanol–water partition coefficient (Wildman–Crippen LogP) is 3.74. The van der Waals surface area contributed by atoms with Gasteiger partial charge in [-0.2, -0.15) is 0 Å². The van der Waals surface area contributed by atoms with E-state index in [1.165, 1.54) is 18.9 Å². The molecule has 1 aromatic rings. The van der Waals surface area contributed by atoms with Crippen LogP contribution in [0.3, 0.4) is 0 Å². The molecule has 98 valence electrons. The predicted molar refractivity (Wildman–Crippen MR) is 71.9 cm³/mol. The first-order chi connectivity index (χ1) is 8.76. The van der Waals surface area contributed by atoms with Gasteiger partial charge in [-0.3, -0.25) is 0 Å². The molecule has 0 amide bonds. The number of unbranched alkanes of at least 4 members (excludes halogenated alkanes) is 3. The molecule has 0 aromatic heterocycles. The molecule has 1 aromatic carbocycles. The second-order valence-corrected chi connectivity index (χ2v) is 3.99. The van der Waals surface area contributed by atoms with Crippen LogP contribution in [0.2, 0.25) is 0 Å². The average molecular weight is 248 g/mol. The Hall–Kier alpha value is -1.77. The van der Waals surface area contributed by atoms with E-state index in [1.54, 1.807) is 31.4 Å². The number of benzene rings is 1. The highest BCUT2D eigenvalue weighted by atomic mass is 16.5. The number of carbonyl (C=O) groups is 1. The third-order valence-electron chi connectivity index (χ3n) is 2.51. The Kier molecular flexibility index (Phi) is 6.62. The van der Waals surface area contributed by atoms with Crippen molar-refractivity contribution in [3.05, 3.63) is 36.4 Å². The highest BCUT2D eigenvalue weighted by Crippen LogP contribution is 2.17. The van der Waals surface area contributed by atoms with Crippen LogP contribution < -0.4 is 9.47 Å². The highest BCUT2D eigenvalue weighted by molar-refractivity contribution is 5.83. The van der Waals surface area contributed by atoms with E-state index < -0.39 is 0 Å². The van der Waals surface area contributed by atoms with Crippen LogP contribution >= 0.6 is 0 Å². The summed E-state index contributed by atoms with van der Waals surface area (Å²) in [6.07, 6.45) is 7.76. The second-order valence-electron chi connectivity index (χ2n) is 3.99. The summed E-state index contributed by atoms with van der Waals surface area (Å²) in [5, 5.41) is 0. The van der Waals surface area contributed by atoms with Crippen molar-refractivity contribution >= 4 is 5.97 Å². The van der Waals surface area contributed by atoms with Gasteiger partial charge in [0.15, 0.2) is 0 Å². The fourth-order valence-electron chi connectivity index (χ4n) is 1.49. The lowest BCUT2D eigenvalue weighted by atomic mass is 10.2. The number of esters is 1.